The Labute approximate surface area is 224 Å². The van der Waals surface area contributed by atoms with Gasteiger partial charge in [-0.2, -0.15) is 0 Å². The first-order chi connectivity index (χ1) is 18.7. The first-order valence-electron chi connectivity index (χ1n) is 12.9. The van der Waals surface area contributed by atoms with Crippen LogP contribution in [0, 0.1) is 0 Å². The standard InChI is InChI=1S/C29H37NO8/c1-2-28(31)37-21-20-36-19-18-35-17-16-34-15-14-33-13-7-12-30-29(32)38-22-27-25-10-5-3-8-23(25)24-9-4-6-11-26(24)27/h2-6,8-11,27H,1,7,12-22H2,(H,30,32). The number of rotatable bonds is 19. The highest BCUT2D eigenvalue weighted by Gasteiger charge is 2.28. The fraction of sp³-hybridized carbons (Fsp3) is 0.448. The molecule has 1 aliphatic rings. The first kappa shape index (κ1) is 29.3. The summed E-state index contributed by atoms with van der Waals surface area (Å²) in [6.45, 7) is 7.83. The molecule has 0 radical (unpaired) electrons. The Bertz CT molecular complexity index is 966. The molecule has 0 spiro atoms. The van der Waals surface area contributed by atoms with Gasteiger partial charge in [0, 0.05) is 25.1 Å². The molecule has 0 aromatic heterocycles. The van der Waals surface area contributed by atoms with Crippen molar-refractivity contribution in [3.8, 4) is 11.1 Å². The van der Waals surface area contributed by atoms with Crippen molar-refractivity contribution in [2.75, 3.05) is 72.6 Å². The summed E-state index contributed by atoms with van der Waals surface area (Å²) in [5.41, 5.74) is 4.80. The molecule has 2 aromatic rings. The second-order valence-corrected chi connectivity index (χ2v) is 8.43. The summed E-state index contributed by atoms with van der Waals surface area (Å²) in [5.74, 6) is -0.410. The summed E-state index contributed by atoms with van der Waals surface area (Å²) in [7, 11) is 0. The molecule has 0 saturated carbocycles. The lowest BCUT2D eigenvalue weighted by molar-refractivity contribution is -0.139. The van der Waals surface area contributed by atoms with E-state index in [0.29, 0.717) is 72.4 Å². The first-order valence-corrected chi connectivity index (χ1v) is 12.9. The van der Waals surface area contributed by atoms with E-state index < -0.39 is 12.1 Å². The van der Waals surface area contributed by atoms with Crippen LogP contribution in [0.15, 0.2) is 61.2 Å². The second-order valence-electron chi connectivity index (χ2n) is 8.43. The number of fused-ring (bicyclic) bond motifs is 3. The average molecular weight is 528 g/mol. The highest BCUT2D eigenvalue weighted by atomic mass is 16.6. The lowest BCUT2D eigenvalue weighted by Crippen LogP contribution is -2.27. The smallest absolute Gasteiger partial charge is 0.407 e. The molecule has 0 fully saturated rings. The quantitative estimate of drug-likeness (QED) is 0.168. The van der Waals surface area contributed by atoms with Gasteiger partial charge in [-0.1, -0.05) is 55.1 Å². The molecule has 9 nitrogen and oxygen atoms in total. The van der Waals surface area contributed by atoms with Crippen molar-refractivity contribution in [1.29, 1.82) is 0 Å². The van der Waals surface area contributed by atoms with Crippen LogP contribution in [0.5, 0.6) is 0 Å². The van der Waals surface area contributed by atoms with Gasteiger partial charge in [0.25, 0.3) is 0 Å². The zero-order chi connectivity index (χ0) is 26.8. The van der Waals surface area contributed by atoms with Crippen LogP contribution in [-0.2, 0) is 33.2 Å². The van der Waals surface area contributed by atoms with Gasteiger partial charge in [-0.25, -0.2) is 9.59 Å². The van der Waals surface area contributed by atoms with Gasteiger partial charge < -0.3 is 33.7 Å². The molecular formula is C29H37NO8. The Kier molecular flexibility index (Phi) is 13.3. The van der Waals surface area contributed by atoms with Crippen molar-refractivity contribution in [1.82, 2.24) is 5.32 Å². The van der Waals surface area contributed by atoms with Gasteiger partial charge in [0.2, 0.25) is 0 Å². The highest BCUT2D eigenvalue weighted by molar-refractivity contribution is 5.81. The number of hydrogen-bond donors (Lipinski definition) is 1. The van der Waals surface area contributed by atoms with Gasteiger partial charge in [-0.3, -0.25) is 0 Å². The molecule has 0 heterocycles. The van der Waals surface area contributed by atoms with Crippen molar-refractivity contribution < 1.29 is 38.0 Å². The number of ether oxygens (including phenoxy) is 6. The van der Waals surface area contributed by atoms with Crippen molar-refractivity contribution in [2.45, 2.75) is 12.3 Å². The molecule has 38 heavy (non-hydrogen) atoms. The van der Waals surface area contributed by atoms with E-state index in [-0.39, 0.29) is 12.5 Å². The Balaban J connectivity index is 1.11. The van der Waals surface area contributed by atoms with Crippen LogP contribution in [0.3, 0.4) is 0 Å². The summed E-state index contributed by atoms with van der Waals surface area (Å²) in [4.78, 5) is 23.0. The molecule has 206 valence electrons. The molecular weight excluding hydrogens is 490 g/mol. The second kappa shape index (κ2) is 17.3. The van der Waals surface area contributed by atoms with E-state index in [4.69, 9.17) is 28.4 Å². The van der Waals surface area contributed by atoms with Crippen molar-refractivity contribution in [2.24, 2.45) is 0 Å². The lowest BCUT2D eigenvalue weighted by Gasteiger charge is -2.14. The third-order valence-electron chi connectivity index (χ3n) is 5.83. The Hall–Kier alpha value is -3.24. The topological polar surface area (TPSA) is 102 Å². The van der Waals surface area contributed by atoms with E-state index in [1.54, 1.807) is 0 Å². The normalized spacial score (nSPS) is 12.0. The molecule has 0 saturated heterocycles. The van der Waals surface area contributed by atoms with Gasteiger partial charge in [-0.05, 0) is 28.7 Å². The highest BCUT2D eigenvalue weighted by Crippen LogP contribution is 2.44. The van der Waals surface area contributed by atoms with E-state index in [1.807, 2.05) is 24.3 Å². The maximum atomic E-state index is 12.2. The predicted molar refractivity (Wildman–Crippen MR) is 142 cm³/mol. The molecule has 2 aromatic carbocycles. The van der Waals surface area contributed by atoms with Gasteiger partial charge >= 0.3 is 12.1 Å². The van der Waals surface area contributed by atoms with Crippen molar-refractivity contribution in [3.05, 3.63) is 72.3 Å². The molecule has 0 unspecified atom stereocenters. The third kappa shape index (κ3) is 9.90. The zero-order valence-corrected chi connectivity index (χ0v) is 21.7. The third-order valence-corrected chi connectivity index (χ3v) is 5.83. The lowest BCUT2D eigenvalue weighted by atomic mass is 9.98. The van der Waals surface area contributed by atoms with Crippen LogP contribution >= 0.6 is 0 Å². The maximum absolute atomic E-state index is 12.2. The fourth-order valence-corrected chi connectivity index (χ4v) is 4.04. The Morgan fingerprint density at radius 3 is 1.76 bits per heavy atom. The molecule has 0 bridgehead atoms. The average Bonchev–Trinajstić information content (AvgIpc) is 3.27. The van der Waals surface area contributed by atoms with Gasteiger partial charge in [0.05, 0.1) is 46.2 Å². The molecule has 9 heteroatoms. The summed E-state index contributed by atoms with van der Waals surface area (Å²) >= 11 is 0. The minimum atomic E-state index is -0.462. The number of nitrogens with one attached hydrogen (secondary N) is 1. The molecule has 1 aliphatic carbocycles. The number of carbonyl (C=O) groups excluding carboxylic acids is 2. The van der Waals surface area contributed by atoms with Crippen LogP contribution in [0.1, 0.15) is 23.5 Å². The fourth-order valence-electron chi connectivity index (χ4n) is 4.04. The van der Waals surface area contributed by atoms with Crippen LogP contribution in [0.25, 0.3) is 11.1 Å². The van der Waals surface area contributed by atoms with E-state index in [1.165, 1.54) is 22.3 Å². The predicted octanol–water partition coefficient (Wildman–Crippen LogP) is 3.71. The Morgan fingerprint density at radius 1 is 0.711 bits per heavy atom. The van der Waals surface area contributed by atoms with Gasteiger partial charge in [0.15, 0.2) is 0 Å². The van der Waals surface area contributed by atoms with Crippen LogP contribution in [0.2, 0.25) is 0 Å². The minimum absolute atomic E-state index is 0.0517. The van der Waals surface area contributed by atoms with Crippen LogP contribution in [-0.4, -0.2) is 84.7 Å². The van der Waals surface area contributed by atoms with Crippen molar-refractivity contribution in [3.63, 3.8) is 0 Å². The van der Waals surface area contributed by atoms with E-state index >= 15 is 0 Å². The molecule has 3 rings (SSSR count). The number of esters is 1. The van der Waals surface area contributed by atoms with Crippen molar-refractivity contribution >= 4 is 12.1 Å². The van der Waals surface area contributed by atoms with E-state index in [2.05, 4.69) is 36.2 Å². The summed E-state index contributed by atoms with van der Waals surface area (Å²) in [6, 6.07) is 16.5. The van der Waals surface area contributed by atoms with E-state index in [0.717, 1.165) is 6.08 Å². The Morgan fingerprint density at radius 2 is 1.21 bits per heavy atom. The number of carbonyl (C=O) groups is 2. The summed E-state index contributed by atoms with van der Waals surface area (Å²) in [5, 5.41) is 2.78. The van der Waals surface area contributed by atoms with Gasteiger partial charge in [-0.15, -0.1) is 0 Å². The number of amides is 1. The maximum Gasteiger partial charge on any atom is 0.407 e. The molecule has 0 atom stereocenters. The molecule has 0 aliphatic heterocycles. The zero-order valence-electron chi connectivity index (χ0n) is 21.7. The SMILES string of the molecule is C=CC(=O)OCCOCCOCCOCCOCCCNC(=O)OCC1c2ccccc2-c2ccccc21. The molecule has 1 amide bonds. The molecule has 1 N–H and O–H groups in total. The number of benzene rings is 2. The summed E-state index contributed by atoms with van der Waals surface area (Å²) < 4.78 is 31.9. The van der Waals surface area contributed by atoms with Crippen LogP contribution in [0.4, 0.5) is 4.79 Å². The number of hydrogen-bond acceptors (Lipinski definition) is 8. The largest absolute Gasteiger partial charge is 0.460 e. The van der Waals surface area contributed by atoms with Crippen LogP contribution < -0.4 is 5.32 Å². The summed E-state index contributed by atoms with van der Waals surface area (Å²) in [6.07, 6.45) is 1.37. The number of alkyl carbamates (subject to hydrolysis) is 1. The minimum Gasteiger partial charge on any atom is -0.460 e. The monoisotopic (exact) mass is 527 g/mol. The van der Waals surface area contributed by atoms with Gasteiger partial charge in [0.1, 0.15) is 13.2 Å². The van der Waals surface area contributed by atoms with E-state index in [9.17, 15) is 9.59 Å².